The van der Waals surface area contributed by atoms with Crippen LogP contribution in [0.4, 0.5) is 9.59 Å². The Bertz CT molecular complexity index is 510. The highest BCUT2D eigenvalue weighted by Gasteiger charge is 2.18. The van der Waals surface area contributed by atoms with E-state index in [1.54, 1.807) is 6.07 Å². The Morgan fingerprint density at radius 3 is 2.29 bits per heavy atom. The molecule has 0 aliphatic heterocycles. The highest BCUT2D eigenvalue weighted by molar-refractivity contribution is 7.89. The van der Waals surface area contributed by atoms with Crippen LogP contribution in [0, 0.1) is 0 Å². The van der Waals surface area contributed by atoms with E-state index in [0.717, 1.165) is 0 Å². The van der Waals surface area contributed by atoms with Crippen molar-refractivity contribution in [2.45, 2.75) is 4.90 Å². The van der Waals surface area contributed by atoms with Crippen molar-refractivity contribution >= 4 is 22.3 Å². The van der Waals surface area contributed by atoms with E-state index in [2.05, 4.69) is 9.57 Å². The lowest BCUT2D eigenvalue weighted by molar-refractivity contribution is 0.0417. The van der Waals surface area contributed by atoms with Crippen LogP contribution in [0.2, 0.25) is 0 Å². The molecule has 0 spiro atoms. The molecule has 0 radical (unpaired) electrons. The lowest BCUT2D eigenvalue weighted by atomic mass is 10.4. The van der Waals surface area contributed by atoms with Crippen LogP contribution in [0.5, 0.6) is 0 Å². The molecule has 1 aromatic carbocycles. The molecule has 0 saturated carbocycles. The summed E-state index contributed by atoms with van der Waals surface area (Å²) in [5.74, 6) is 0. The number of nitrogens with one attached hydrogen (secondary N) is 1. The fraction of sp³-hybridized carbons (Fsp3) is 0. The third-order valence-corrected chi connectivity index (χ3v) is 2.65. The van der Waals surface area contributed by atoms with Crippen LogP contribution >= 0.6 is 0 Å². The van der Waals surface area contributed by atoms with Crippen LogP contribution in [0.25, 0.3) is 0 Å². The SMILES string of the molecule is O=C(O)OC(=O)ONS(=O)(=O)c1ccccc1. The van der Waals surface area contributed by atoms with Crippen molar-refractivity contribution < 1.29 is 32.7 Å². The molecular weight excluding hydrogens is 254 g/mol. The highest BCUT2D eigenvalue weighted by atomic mass is 32.2. The number of sulfonamides is 1. The molecule has 0 aromatic heterocycles. The molecule has 0 amide bonds. The summed E-state index contributed by atoms with van der Waals surface area (Å²) in [4.78, 5) is 25.6. The molecule has 0 atom stereocenters. The molecule has 92 valence electrons. The second-order valence-corrected chi connectivity index (χ2v) is 4.26. The van der Waals surface area contributed by atoms with Crippen LogP contribution in [-0.2, 0) is 19.6 Å². The lowest BCUT2D eigenvalue weighted by Crippen LogP contribution is -2.28. The van der Waals surface area contributed by atoms with Gasteiger partial charge in [-0.25, -0.2) is 18.0 Å². The average molecular weight is 261 g/mol. The summed E-state index contributed by atoms with van der Waals surface area (Å²) in [6, 6.07) is 7.04. The molecule has 17 heavy (non-hydrogen) atoms. The van der Waals surface area contributed by atoms with Gasteiger partial charge >= 0.3 is 12.3 Å². The molecule has 0 saturated heterocycles. The first-order valence-electron chi connectivity index (χ1n) is 4.10. The number of carboxylic acid groups (broad SMARTS) is 1. The zero-order valence-electron chi connectivity index (χ0n) is 8.19. The van der Waals surface area contributed by atoms with Crippen LogP contribution in [0.1, 0.15) is 0 Å². The Balaban J connectivity index is 2.63. The summed E-state index contributed by atoms with van der Waals surface area (Å²) < 4.78 is 26.4. The molecule has 0 aliphatic carbocycles. The molecule has 1 aromatic rings. The Labute approximate surface area is 95.8 Å². The molecular formula is C8H7NO7S. The first kappa shape index (κ1) is 12.9. The van der Waals surface area contributed by atoms with Crippen LogP contribution in [0.15, 0.2) is 35.2 Å². The number of carbonyl (C=O) groups is 2. The Hall–Kier alpha value is -2.13. The second-order valence-electron chi connectivity index (χ2n) is 2.62. The maximum atomic E-state index is 11.4. The van der Waals surface area contributed by atoms with Crippen molar-refractivity contribution in [3.05, 3.63) is 30.3 Å². The first-order valence-corrected chi connectivity index (χ1v) is 5.58. The number of carbonyl (C=O) groups excluding carboxylic acids is 1. The standard InChI is InChI=1S/C8H7NO7S/c10-7(11)15-8(12)16-9-17(13,14)6-4-2-1-3-5-6/h1-5,9H,(H,10,11). The third kappa shape index (κ3) is 4.09. The van der Waals surface area contributed by atoms with Gasteiger partial charge < -0.3 is 14.7 Å². The molecule has 2 N–H and O–H groups in total. The lowest BCUT2D eigenvalue weighted by Gasteiger charge is -2.05. The Kier molecular flexibility index (Phi) is 4.01. The maximum Gasteiger partial charge on any atom is 0.539 e. The van der Waals surface area contributed by atoms with Gasteiger partial charge in [-0.15, -0.1) is 0 Å². The summed E-state index contributed by atoms with van der Waals surface area (Å²) in [5, 5.41) is 8.03. The van der Waals surface area contributed by atoms with Crippen molar-refractivity contribution in [3.63, 3.8) is 0 Å². The van der Waals surface area contributed by atoms with E-state index in [1.807, 2.05) is 0 Å². The van der Waals surface area contributed by atoms with Crippen LogP contribution in [0.3, 0.4) is 0 Å². The predicted molar refractivity (Wildman–Crippen MR) is 52.4 cm³/mol. The number of hydrogen-bond donors (Lipinski definition) is 2. The summed E-state index contributed by atoms with van der Waals surface area (Å²) in [6.45, 7) is 0. The molecule has 0 fully saturated rings. The van der Waals surface area contributed by atoms with Crippen molar-refractivity contribution in [2.24, 2.45) is 0 Å². The average Bonchev–Trinajstić information content (AvgIpc) is 2.27. The molecule has 0 bridgehead atoms. The van der Waals surface area contributed by atoms with Gasteiger partial charge in [0, 0.05) is 0 Å². The summed E-state index contributed by atoms with van der Waals surface area (Å²) >= 11 is 0. The smallest absolute Gasteiger partial charge is 0.449 e. The quantitative estimate of drug-likeness (QED) is 0.467. The maximum absolute atomic E-state index is 11.4. The minimum atomic E-state index is -4.06. The van der Waals surface area contributed by atoms with E-state index in [-0.39, 0.29) is 4.90 Å². The number of benzene rings is 1. The van der Waals surface area contributed by atoms with E-state index in [4.69, 9.17) is 5.11 Å². The molecule has 0 unspecified atom stereocenters. The van der Waals surface area contributed by atoms with E-state index >= 15 is 0 Å². The topological polar surface area (TPSA) is 119 Å². The van der Waals surface area contributed by atoms with Gasteiger partial charge in [0.25, 0.3) is 10.0 Å². The molecule has 1 rings (SSSR count). The summed E-state index contributed by atoms with van der Waals surface area (Å²) in [6.07, 6.45) is -3.61. The zero-order valence-corrected chi connectivity index (χ0v) is 9.01. The summed E-state index contributed by atoms with van der Waals surface area (Å²) in [5.41, 5.74) is 0. The predicted octanol–water partition coefficient (Wildman–Crippen LogP) is 0.711. The van der Waals surface area contributed by atoms with Gasteiger partial charge in [0.2, 0.25) is 0 Å². The largest absolute Gasteiger partial charge is 0.539 e. The summed E-state index contributed by atoms with van der Waals surface area (Å²) in [7, 11) is -4.06. The van der Waals surface area contributed by atoms with E-state index < -0.39 is 22.3 Å². The van der Waals surface area contributed by atoms with Crippen LogP contribution in [-0.4, -0.2) is 25.8 Å². The Morgan fingerprint density at radius 2 is 1.76 bits per heavy atom. The van der Waals surface area contributed by atoms with Gasteiger partial charge in [0.15, 0.2) is 0 Å². The van der Waals surface area contributed by atoms with Gasteiger partial charge in [-0.2, -0.15) is 0 Å². The van der Waals surface area contributed by atoms with Gasteiger partial charge in [-0.05, 0) is 17.0 Å². The van der Waals surface area contributed by atoms with E-state index in [0.29, 0.717) is 0 Å². The third-order valence-electron chi connectivity index (χ3n) is 1.46. The van der Waals surface area contributed by atoms with Crippen molar-refractivity contribution in [3.8, 4) is 0 Å². The van der Waals surface area contributed by atoms with Crippen molar-refractivity contribution in [1.29, 1.82) is 0 Å². The van der Waals surface area contributed by atoms with Crippen molar-refractivity contribution in [1.82, 2.24) is 4.89 Å². The van der Waals surface area contributed by atoms with E-state index in [9.17, 15) is 18.0 Å². The van der Waals surface area contributed by atoms with Gasteiger partial charge in [-0.3, -0.25) is 0 Å². The van der Waals surface area contributed by atoms with Gasteiger partial charge in [-0.1, -0.05) is 18.2 Å². The Morgan fingerprint density at radius 1 is 1.18 bits per heavy atom. The monoisotopic (exact) mass is 261 g/mol. The van der Waals surface area contributed by atoms with Crippen molar-refractivity contribution in [2.75, 3.05) is 0 Å². The molecule has 8 nitrogen and oxygen atoms in total. The molecule has 0 aliphatic rings. The fourth-order valence-corrected chi connectivity index (χ4v) is 1.62. The zero-order chi connectivity index (χ0) is 12.9. The number of hydrogen-bond acceptors (Lipinski definition) is 6. The second kappa shape index (κ2) is 5.27. The molecule has 0 heterocycles. The fourth-order valence-electron chi connectivity index (χ4n) is 0.829. The molecule has 9 heteroatoms. The van der Waals surface area contributed by atoms with Crippen LogP contribution < -0.4 is 4.89 Å². The normalized spacial score (nSPS) is 10.6. The first-order chi connectivity index (χ1) is 7.92. The van der Waals surface area contributed by atoms with Gasteiger partial charge in [0.1, 0.15) is 0 Å². The van der Waals surface area contributed by atoms with E-state index in [1.165, 1.54) is 29.2 Å². The minimum Gasteiger partial charge on any atom is -0.449 e. The number of rotatable bonds is 3. The number of ether oxygens (including phenoxy) is 1. The van der Waals surface area contributed by atoms with Gasteiger partial charge in [0.05, 0.1) is 4.90 Å². The highest BCUT2D eigenvalue weighted by Crippen LogP contribution is 2.06. The minimum absolute atomic E-state index is 0.150.